The van der Waals surface area contributed by atoms with Crippen molar-refractivity contribution < 1.29 is 9.50 Å². The summed E-state index contributed by atoms with van der Waals surface area (Å²) in [5, 5.41) is 13.5. The summed E-state index contributed by atoms with van der Waals surface area (Å²) in [5.74, 6) is -0.144. The van der Waals surface area contributed by atoms with Gasteiger partial charge >= 0.3 is 0 Å². The third-order valence-electron chi connectivity index (χ3n) is 3.57. The molecule has 0 radical (unpaired) electrons. The van der Waals surface area contributed by atoms with E-state index in [1.165, 1.54) is 12.1 Å². The van der Waals surface area contributed by atoms with Gasteiger partial charge in [-0.1, -0.05) is 13.3 Å². The summed E-state index contributed by atoms with van der Waals surface area (Å²) in [4.78, 5) is 2.32. The molecule has 2 rings (SSSR count). The second kappa shape index (κ2) is 6.68. The first-order chi connectivity index (χ1) is 9.13. The molecule has 0 unspecified atom stereocenters. The van der Waals surface area contributed by atoms with Gasteiger partial charge in [-0.15, -0.1) is 0 Å². The maximum Gasteiger partial charge on any atom is 0.134 e. The quantitative estimate of drug-likeness (QED) is 0.890. The van der Waals surface area contributed by atoms with Crippen LogP contribution in [-0.2, 0) is 0 Å². The van der Waals surface area contributed by atoms with Crippen molar-refractivity contribution in [3.63, 3.8) is 0 Å². The molecule has 1 aromatic carbocycles. The molecule has 0 bridgehead atoms. The molecule has 0 amide bonds. The number of aromatic hydroxyl groups is 1. The molecule has 1 aliphatic rings. The van der Waals surface area contributed by atoms with Crippen LogP contribution in [0.5, 0.6) is 5.75 Å². The number of hydrogen-bond acceptors (Lipinski definition) is 3. The molecule has 1 aliphatic heterocycles. The predicted molar refractivity (Wildman–Crippen MR) is 77.9 cm³/mol. The first-order valence-corrected chi connectivity index (χ1v) is 7.55. The first kappa shape index (κ1) is 14.8. The molecule has 1 atom stereocenters. The van der Waals surface area contributed by atoms with E-state index in [4.69, 9.17) is 0 Å². The van der Waals surface area contributed by atoms with E-state index in [0.717, 1.165) is 39.0 Å². The van der Waals surface area contributed by atoms with E-state index in [0.29, 0.717) is 10.0 Å². The summed E-state index contributed by atoms with van der Waals surface area (Å²) in [6, 6.07) is 2.85. The van der Waals surface area contributed by atoms with Gasteiger partial charge in [0.25, 0.3) is 0 Å². The highest BCUT2D eigenvalue weighted by molar-refractivity contribution is 9.10. The minimum absolute atomic E-state index is 0.0825. The van der Waals surface area contributed by atoms with Crippen molar-refractivity contribution in [3.05, 3.63) is 28.0 Å². The van der Waals surface area contributed by atoms with Crippen molar-refractivity contribution in [3.8, 4) is 5.75 Å². The number of halogens is 2. The van der Waals surface area contributed by atoms with E-state index >= 15 is 0 Å². The largest absolute Gasteiger partial charge is 0.506 e. The Morgan fingerprint density at radius 2 is 2.11 bits per heavy atom. The minimum atomic E-state index is -0.309. The number of nitrogens with zero attached hydrogens (tertiary/aromatic N) is 1. The molecule has 1 fully saturated rings. The lowest BCUT2D eigenvalue weighted by Crippen LogP contribution is -2.45. The average molecular weight is 331 g/mol. The first-order valence-electron chi connectivity index (χ1n) is 6.76. The number of nitrogens with one attached hydrogen (secondary N) is 1. The summed E-state index contributed by atoms with van der Waals surface area (Å²) >= 11 is 3.22. The number of hydrogen-bond donors (Lipinski definition) is 2. The third-order valence-corrected chi connectivity index (χ3v) is 4.18. The molecule has 0 aliphatic carbocycles. The molecule has 1 saturated heterocycles. The van der Waals surface area contributed by atoms with E-state index in [1.54, 1.807) is 0 Å². The maximum absolute atomic E-state index is 13.6. The van der Waals surface area contributed by atoms with E-state index in [1.807, 2.05) is 0 Å². The Morgan fingerprint density at radius 1 is 1.42 bits per heavy atom. The molecule has 0 spiro atoms. The molecular formula is C14H20BrFN2O. The fourth-order valence-corrected chi connectivity index (χ4v) is 3.09. The van der Waals surface area contributed by atoms with Crippen molar-refractivity contribution >= 4 is 15.9 Å². The fourth-order valence-electron chi connectivity index (χ4n) is 2.64. The Labute approximate surface area is 121 Å². The lowest BCUT2D eigenvalue weighted by Gasteiger charge is -2.35. The highest BCUT2D eigenvalue weighted by atomic mass is 79.9. The van der Waals surface area contributed by atoms with Gasteiger partial charge in [-0.2, -0.15) is 0 Å². The van der Waals surface area contributed by atoms with Crippen LogP contribution >= 0.6 is 15.9 Å². The fraction of sp³-hybridized carbons (Fsp3) is 0.571. The van der Waals surface area contributed by atoms with Crippen molar-refractivity contribution in [1.29, 1.82) is 0 Å². The number of piperazine rings is 1. The Bertz CT molecular complexity index is 436. The lowest BCUT2D eigenvalue weighted by molar-refractivity contribution is 0.161. The van der Waals surface area contributed by atoms with Crippen LogP contribution in [0.3, 0.4) is 0 Å². The van der Waals surface area contributed by atoms with Crippen molar-refractivity contribution in [2.75, 3.05) is 26.2 Å². The molecule has 0 aromatic heterocycles. The summed E-state index contributed by atoms with van der Waals surface area (Å²) in [7, 11) is 0. The number of benzene rings is 1. The zero-order valence-corrected chi connectivity index (χ0v) is 12.7. The van der Waals surface area contributed by atoms with E-state index < -0.39 is 0 Å². The van der Waals surface area contributed by atoms with Crippen LogP contribution in [0.4, 0.5) is 4.39 Å². The zero-order chi connectivity index (χ0) is 13.8. The minimum Gasteiger partial charge on any atom is -0.506 e. The van der Waals surface area contributed by atoms with Gasteiger partial charge in [-0.05, 0) is 34.5 Å². The SMILES string of the molecule is CCC[C@H](c1cc(F)cc(Br)c1O)N1CCNCC1. The lowest BCUT2D eigenvalue weighted by atomic mass is 9.98. The smallest absolute Gasteiger partial charge is 0.134 e. The molecule has 3 nitrogen and oxygen atoms in total. The van der Waals surface area contributed by atoms with Gasteiger partial charge in [0.15, 0.2) is 0 Å². The van der Waals surface area contributed by atoms with E-state index in [-0.39, 0.29) is 17.6 Å². The Hall–Kier alpha value is -0.650. The average Bonchev–Trinajstić information content (AvgIpc) is 2.41. The van der Waals surface area contributed by atoms with Crippen LogP contribution in [0.15, 0.2) is 16.6 Å². The van der Waals surface area contributed by atoms with Crippen LogP contribution < -0.4 is 5.32 Å². The van der Waals surface area contributed by atoms with Gasteiger partial charge in [0.2, 0.25) is 0 Å². The van der Waals surface area contributed by atoms with Crippen LogP contribution in [0.2, 0.25) is 0 Å². The van der Waals surface area contributed by atoms with Gasteiger partial charge in [0, 0.05) is 37.8 Å². The van der Waals surface area contributed by atoms with Gasteiger partial charge < -0.3 is 10.4 Å². The Morgan fingerprint density at radius 3 is 2.74 bits per heavy atom. The third kappa shape index (κ3) is 3.46. The normalized spacial score (nSPS) is 18.5. The van der Waals surface area contributed by atoms with E-state index in [2.05, 4.69) is 33.1 Å². The Kier molecular flexibility index (Phi) is 5.19. The van der Waals surface area contributed by atoms with Gasteiger partial charge in [0.05, 0.1) is 4.47 Å². The topological polar surface area (TPSA) is 35.5 Å². The summed E-state index contributed by atoms with van der Waals surface area (Å²) in [5.41, 5.74) is 0.690. The Balaban J connectivity index is 2.32. The molecule has 106 valence electrons. The van der Waals surface area contributed by atoms with Gasteiger partial charge in [0.1, 0.15) is 11.6 Å². The second-order valence-corrected chi connectivity index (χ2v) is 5.77. The van der Waals surface area contributed by atoms with Gasteiger partial charge in [-0.3, -0.25) is 4.90 Å². The highest BCUT2D eigenvalue weighted by Crippen LogP contribution is 2.37. The van der Waals surface area contributed by atoms with Crippen LogP contribution in [0.1, 0.15) is 31.4 Å². The summed E-state index contributed by atoms with van der Waals surface area (Å²) in [6.45, 7) is 5.85. The molecule has 1 aromatic rings. The van der Waals surface area contributed by atoms with E-state index in [9.17, 15) is 9.50 Å². The molecule has 0 saturated carbocycles. The second-order valence-electron chi connectivity index (χ2n) is 4.92. The van der Waals surface area contributed by atoms with Crippen molar-refractivity contribution in [1.82, 2.24) is 10.2 Å². The van der Waals surface area contributed by atoms with Crippen LogP contribution in [-0.4, -0.2) is 36.2 Å². The zero-order valence-electron chi connectivity index (χ0n) is 11.1. The highest BCUT2D eigenvalue weighted by Gasteiger charge is 2.25. The standard InChI is InChI=1S/C14H20BrFN2O/c1-2-3-13(18-6-4-17-5-7-18)11-8-10(16)9-12(15)14(11)19/h8-9,13,17,19H,2-7H2,1H3/t13-/m1/s1. The molecule has 2 N–H and O–H groups in total. The maximum atomic E-state index is 13.6. The predicted octanol–water partition coefficient (Wildman–Crippen LogP) is 3.04. The van der Waals surface area contributed by atoms with Gasteiger partial charge in [-0.25, -0.2) is 4.39 Å². The number of rotatable bonds is 4. The molecule has 1 heterocycles. The van der Waals surface area contributed by atoms with Crippen molar-refractivity contribution in [2.45, 2.75) is 25.8 Å². The molecular weight excluding hydrogens is 311 g/mol. The molecule has 5 heteroatoms. The van der Waals surface area contributed by atoms with Crippen LogP contribution in [0, 0.1) is 5.82 Å². The summed E-state index contributed by atoms with van der Waals surface area (Å²) < 4.78 is 14.0. The summed E-state index contributed by atoms with van der Waals surface area (Å²) in [6.07, 6.45) is 1.92. The van der Waals surface area contributed by atoms with Crippen molar-refractivity contribution in [2.24, 2.45) is 0 Å². The number of phenols is 1. The monoisotopic (exact) mass is 330 g/mol. The van der Waals surface area contributed by atoms with Crippen LogP contribution in [0.25, 0.3) is 0 Å². The number of phenolic OH excluding ortho intramolecular Hbond substituents is 1. The molecule has 19 heavy (non-hydrogen) atoms.